The maximum absolute atomic E-state index is 10.8. The van der Waals surface area contributed by atoms with E-state index in [0.29, 0.717) is 11.5 Å². The number of carbonyl (C=O) groups excluding carboxylic acids is 1. The zero-order valence-electron chi connectivity index (χ0n) is 13.5. The van der Waals surface area contributed by atoms with Gasteiger partial charge in [0.2, 0.25) is 0 Å². The number of aromatic nitrogens is 2. The minimum atomic E-state index is 0.239. The van der Waals surface area contributed by atoms with Crippen LogP contribution in [-0.4, -0.2) is 45.3 Å². The van der Waals surface area contributed by atoms with E-state index in [1.54, 1.807) is 6.20 Å². The summed E-state index contributed by atoms with van der Waals surface area (Å²) < 4.78 is 0.837. The molecule has 1 aromatic rings. The number of nitrogens with zero attached hydrogens (tertiary/aromatic N) is 3. The van der Waals surface area contributed by atoms with Gasteiger partial charge in [-0.15, -0.1) is 0 Å². The molecule has 0 spiro atoms. The molecule has 2 heterocycles. The Hall–Kier alpha value is 0.320. The van der Waals surface area contributed by atoms with Gasteiger partial charge in [0.15, 0.2) is 0 Å². The van der Waals surface area contributed by atoms with Crippen LogP contribution >= 0.6 is 27.3 Å². The Bertz CT molecular complexity index is 520. The zero-order chi connectivity index (χ0) is 16.7. The SMILES string of the molecule is Cc1nc(NCCCC2CCN(C)C([I-]SI)C2)ncc1C=O. The average molecular weight is 561 g/mol. The van der Waals surface area contributed by atoms with Crippen LogP contribution in [0.25, 0.3) is 0 Å². The molecule has 2 atom stereocenters. The van der Waals surface area contributed by atoms with Crippen LogP contribution in [0.4, 0.5) is 5.95 Å². The van der Waals surface area contributed by atoms with Crippen molar-refractivity contribution in [3.05, 3.63) is 17.5 Å². The molecule has 0 bridgehead atoms. The van der Waals surface area contributed by atoms with Crippen molar-refractivity contribution >= 4 is 39.5 Å². The maximum atomic E-state index is 10.8. The van der Waals surface area contributed by atoms with E-state index in [1.165, 1.54) is 25.8 Å². The normalized spacial score (nSPS) is 22.2. The first-order valence-corrected chi connectivity index (χ1v) is 14.9. The Morgan fingerprint density at radius 2 is 2.43 bits per heavy atom. The Balaban J connectivity index is 1.71. The number of aldehydes is 1. The zero-order valence-corrected chi connectivity index (χ0v) is 18.6. The summed E-state index contributed by atoms with van der Waals surface area (Å²) in [7, 11) is 2.28. The number of rotatable bonds is 8. The van der Waals surface area contributed by atoms with Crippen molar-refractivity contribution in [2.45, 2.75) is 36.7 Å². The third-order valence-electron chi connectivity index (χ3n) is 4.25. The topological polar surface area (TPSA) is 58.1 Å². The summed E-state index contributed by atoms with van der Waals surface area (Å²) in [5.41, 5.74) is 1.29. The second kappa shape index (κ2) is 10.3. The van der Waals surface area contributed by atoms with Gasteiger partial charge in [-0.3, -0.25) is 4.79 Å². The minimum Gasteiger partial charge on any atom is -0.298 e. The Labute approximate surface area is 163 Å². The molecule has 1 N–H and O–H groups in total. The molecule has 0 aromatic carbocycles. The summed E-state index contributed by atoms with van der Waals surface area (Å²) in [6.45, 7) is 3.98. The van der Waals surface area contributed by atoms with Gasteiger partial charge >= 0.3 is 160 Å². The second-order valence-corrected chi connectivity index (χ2v) is 16.8. The summed E-state index contributed by atoms with van der Waals surface area (Å²) in [5.74, 6) is 1.49. The number of aryl methyl sites for hydroxylation is 1. The van der Waals surface area contributed by atoms with Gasteiger partial charge in [-0.25, -0.2) is 0 Å². The van der Waals surface area contributed by atoms with Crippen LogP contribution in [0.2, 0.25) is 0 Å². The monoisotopic (exact) mass is 561 g/mol. The number of carbonyl (C=O) groups is 1. The molecule has 1 fully saturated rings. The van der Waals surface area contributed by atoms with Crippen molar-refractivity contribution < 1.29 is 24.6 Å². The van der Waals surface area contributed by atoms with Gasteiger partial charge in [-0.2, -0.15) is 0 Å². The average Bonchev–Trinajstić information content (AvgIpc) is 2.55. The van der Waals surface area contributed by atoms with Gasteiger partial charge in [0.05, 0.1) is 0 Å². The molecule has 1 aliphatic heterocycles. The van der Waals surface area contributed by atoms with E-state index in [4.69, 9.17) is 0 Å². The smallest absolute Gasteiger partial charge is 0.298 e. The predicted molar refractivity (Wildman–Crippen MR) is 101 cm³/mol. The Morgan fingerprint density at radius 1 is 1.61 bits per heavy atom. The number of alkyl halides is 1. The molecule has 0 radical (unpaired) electrons. The van der Waals surface area contributed by atoms with Gasteiger partial charge in [0.25, 0.3) is 0 Å². The van der Waals surface area contributed by atoms with Crippen LogP contribution < -0.4 is 25.1 Å². The van der Waals surface area contributed by atoms with Crippen LogP contribution in [0.3, 0.4) is 0 Å². The number of nitrogens with one attached hydrogen (secondary N) is 1. The molecule has 1 saturated heterocycles. The van der Waals surface area contributed by atoms with Crippen LogP contribution in [0.15, 0.2) is 6.20 Å². The molecule has 23 heavy (non-hydrogen) atoms. The first kappa shape index (κ1) is 19.6. The molecular formula is C15H23I2N4OS-. The van der Waals surface area contributed by atoms with Gasteiger partial charge < -0.3 is 0 Å². The van der Waals surface area contributed by atoms with E-state index in [2.05, 4.69) is 48.4 Å². The second-order valence-electron chi connectivity index (χ2n) is 5.87. The molecule has 1 aliphatic rings. The first-order valence-electron chi connectivity index (χ1n) is 7.78. The predicted octanol–water partition coefficient (Wildman–Crippen LogP) is 0.545. The standard InChI is InChI=1S/C15H23I2N4OS/c1-11-13(10-22)9-19-15(20-11)18-6-3-4-12-5-7-21(2)14(8-12)17-23-16/h9-10,12,14H,3-8H2,1-2H3,(H,18,19,20)/q-1. The summed E-state index contributed by atoms with van der Waals surface area (Å²) in [6, 6.07) is 0. The molecule has 2 unspecified atom stereocenters. The number of anilines is 1. The van der Waals surface area contributed by atoms with Gasteiger partial charge in [-0.05, 0) is 0 Å². The number of likely N-dealkylation sites (tertiary alicyclic amines) is 1. The Kier molecular flexibility index (Phi) is 8.83. The van der Waals surface area contributed by atoms with E-state index in [1.807, 2.05) is 13.0 Å². The molecule has 0 aliphatic carbocycles. The van der Waals surface area contributed by atoms with Crippen LogP contribution in [0, 0.1) is 12.8 Å². The van der Waals surface area contributed by atoms with Crippen molar-refractivity contribution in [3.63, 3.8) is 0 Å². The fraction of sp³-hybridized carbons (Fsp3) is 0.667. The molecule has 5 nitrogen and oxygen atoms in total. The molecular weight excluding hydrogens is 538 g/mol. The molecule has 130 valence electrons. The van der Waals surface area contributed by atoms with E-state index < -0.39 is 0 Å². The van der Waals surface area contributed by atoms with Crippen LogP contribution in [-0.2, 0) is 0 Å². The van der Waals surface area contributed by atoms with Gasteiger partial charge in [0.1, 0.15) is 0 Å². The van der Waals surface area contributed by atoms with E-state index in [9.17, 15) is 4.79 Å². The minimum absolute atomic E-state index is 0.239. The van der Waals surface area contributed by atoms with Crippen molar-refractivity contribution in [2.24, 2.45) is 5.92 Å². The number of hydrogen-bond donors (Lipinski definition) is 1. The van der Waals surface area contributed by atoms with Crippen molar-refractivity contribution in [1.82, 2.24) is 14.9 Å². The van der Waals surface area contributed by atoms with Gasteiger partial charge in [-0.1, -0.05) is 0 Å². The molecule has 8 heteroatoms. The summed E-state index contributed by atoms with van der Waals surface area (Å²) in [6.07, 6.45) is 9.53. The molecule has 2 rings (SSSR count). The molecule has 1 aromatic heterocycles. The quantitative estimate of drug-likeness (QED) is 0.165. The van der Waals surface area contributed by atoms with E-state index in [-0.39, 0.29) is 19.8 Å². The van der Waals surface area contributed by atoms with Crippen molar-refractivity contribution in [3.8, 4) is 0 Å². The van der Waals surface area contributed by atoms with Crippen molar-refractivity contribution in [1.29, 1.82) is 0 Å². The van der Waals surface area contributed by atoms with E-state index >= 15 is 0 Å². The van der Waals surface area contributed by atoms with Crippen molar-refractivity contribution in [2.75, 3.05) is 25.5 Å². The van der Waals surface area contributed by atoms with Crippen LogP contribution in [0.1, 0.15) is 41.7 Å². The number of halogens is 2. The first-order chi connectivity index (χ1) is 11.1. The van der Waals surface area contributed by atoms with E-state index in [0.717, 1.165) is 34.9 Å². The summed E-state index contributed by atoms with van der Waals surface area (Å²) in [4.78, 5) is 21.8. The number of hydrogen-bond acceptors (Lipinski definition) is 6. The number of piperidine rings is 1. The summed E-state index contributed by atoms with van der Waals surface area (Å²) >= 11 is 2.69. The fourth-order valence-electron chi connectivity index (χ4n) is 2.77. The third kappa shape index (κ3) is 6.28. The van der Waals surface area contributed by atoms with Crippen LogP contribution in [0.5, 0.6) is 0 Å². The molecule has 0 saturated carbocycles. The summed E-state index contributed by atoms with van der Waals surface area (Å²) in [5, 5.41) is 3.27. The Morgan fingerprint density at radius 3 is 3.13 bits per heavy atom. The third-order valence-corrected chi connectivity index (χ3v) is 12.2. The van der Waals surface area contributed by atoms with Gasteiger partial charge in [0, 0.05) is 0 Å². The fourth-order valence-corrected chi connectivity index (χ4v) is 11.0. The molecule has 0 amide bonds.